The van der Waals surface area contributed by atoms with E-state index in [1.165, 1.54) is 0 Å². The summed E-state index contributed by atoms with van der Waals surface area (Å²) in [5, 5.41) is -12.7. The second kappa shape index (κ2) is 13.1. The Balaban J connectivity index is 2.30. The van der Waals surface area contributed by atoms with Gasteiger partial charge in [-0.2, -0.15) is 0 Å². The molecule has 6 rings (SSSR count). The Labute approximate surface area is 295 Å². The molecule has 0 nitrogen and oxygen atoms in total. The highest BCUT2D eigenvalue weighted by Crippen LogP contribution is 2.38. The third-order valence-electron chi connectivity index (χ3n) is 8.98. The molecule has 0 fully saturated rings. The Morgan fingerprint density at radius 1 is 0.140 bits per heavy atom. The fourth-order valence-electron chi connectivity index (χ4n) is 6.73. The molecule has 57 heavy (non-hydrogen) atoms. The number of halogens is 24. The van der Waals surface area contributed by atoms with Gasteiger partial charge in [-0.1, -0.05) is 0 Å². The Kier molecular flexibility index (Phi) is 9.43. The lowest BCUT2D eigenvalue weighted by Gasteiger charge is -2.46. The lowest BCUT2D eigenvalue weighted by atomic mass is 9.11. The van der Waals surface area contributed by atoms with Gasteiger partial charge in [0, 0.05) is 0 Å². The Bertz CT molecular complexity index is 2580. The molecule has 0 aliphatic heterocycles. The quantitative estimate of drug-likeness (QED) is 0.0722. The topological polar surface area (TPSA) is 0 Å². The van der Waals surface area contributed by atoms with Crippen molar-refractivity contribution in [3.05, 3.63) is 140 Å². The Morgan fingerprint density at radius 2 is 0.281 bits per heavy atom. The second-order valence-electron chi connectivity index (χ2n) is 11.6. The van der Waals surface area contributed by atoms with Crippen LogP contribution in [0.5, 0.6) is 0 Å². The monoisotopic (exact) mass is 851 g/mol. The van der Waals surface area contributed by atoms with Gasteiger partial charge >= 0.3 is 0 Å². The summed E-state index contributed by atoms with van der Waals surface area (Å²) in [5.41, 5.74) is -14.9. The fourth-order valence-corrected chi connectivity index (χ4v) is 6.73. The van der Waals surface area contributed by atoms with Crippen LogP contribution in [0.3, 0.4) is 0 Å². The summed E-state index contributed by atoms with van der Waals surface area (Å²) < 4.78 is 369. The molecule has 0 heterocycles. The fraction of sp³-hybridized carbons (Fsp3) is 0. The van der Waals surface area contributed by atoms with E-state index in [1.54, 1.807) is 0 Å². The molecule has 0 N–H and O–H groups in total. The van der Waals surface area contributed by atoms with E-state index < -0.39 is 189 Å². The smallest absolute Gasteiger partial charge is 0.200 e. The minimum Gasteiger partial charge on any atom is -0.207 e. The second-order valence-corrected chi connectivity index (χ2v) is 11.6. The molecule has 0 saturated heterocycles. The molecular formula is C32BF24-. The van der Waals surface area contributed by atoms with Crippen LogP contribution in [0.2, 0.25) is 0 Å². The molecular weight excluding hydrogens is 851 g/mol. The highest BCUT2D eigenvalue weighted by molar-refractivity contribution is 7.21. The van der Waals surface area contributed by atoms with Crippen LogP contribution in [0, 0.1) is 140 Å². The van der Waals surface area contributed by atoms with Gasteiger partial charge in [0.25, 0.3) is 0 Å². The van der Waals surface area contributed by atoms with E-state index in [1.807, 2.05) is 0 Å². The molecule has 0 saturated carbocycles. The first kappa shape index (κ1) is 40.9. The third kappa shape index (κ3) is 4.91. The molecule has 0 aliphatic rings. The maximum Gasteiger partial charge on any atom is 0.200 e. The minimum atomic E-state index is -7.63. The number of hydrogen-bond acceptors (Lipinski definition) is 0. The van der Waals surface area contributed by atoms with Crippen LogP contribution in [0.1, 0.15) is 0 Å². The molecule has 0 bridgehead atoms. The van der Waals surface area contributed by atoms with Gasteiger partial charge in [0.05, 0.1) is 10.8 Å². The zero-order valence-electron chi connectivity index (χ0n) is 25.6. The van der Waals surface area contributed by atoms with Gasteiger partial charge in [-0.25, -0.2) is 105 Å². The SMILES string of the molecule is Fc1c(F)c(F)c([B-](c2c(F)c(F)c(F)c(F)c2F)(c2c(F)c(F)c(F)c3c(F)c(F)c(F)c(F)c23)c2c(F)c(F)c(F)c3c(F)c(F)c(F)c(F)c23)c(F)c1F. The van der Waals surface area contributed by atoms with Crippen molar-refractivity contribution in [1.82, 2.24) is 0 Å². The molecule has 25 heteroatoms. The molecule has 0 spiro atoms. The van der Waals surface area contributed by atoms with Gasteiger partial charge < -0.3 is 0 Å². The predicted molar refractivity (Wildman–Crippen MR) is 144 cm³/mol. The van der Waals surface area contributed by atoms with Crippen molar-refractivity contribution in [3.8, 4) is 0 Å². The van der Waals surface area contributed by atoms with Crippen LogP contribution in [0.15, 0.2) is 0 Å². The molecule has 0 radical (unpaired) electrons. The van der Waals surface area contributed by atoms with Crippen LogP contribution in [-0.2, 0) is 0 Å². The van der Waals surface area contributed by atoms with E-state index in [2.05, 4.69) is 0 Å². The first-order chi connectivity index (χ1) is 26.3. The molecule has 0 aromatic heterocycles. The number of hydrogen-bond donors (Lipinski definition) is 0. The first-order valence-electron chi connectivity index (χ1n) is 14.2. The Morgan fingerprint density at radius 3 is 0.509 bits per heavy atom. The largest absolute Gasteiger partial charge is 0.207 e. The molecule has 0 unspecified atom stereocenters. The van der Waals surface area contributed by atoms with Crippen LogP contribution in [0.25, 0.3) is 21.5 Å². The summed E-state index contributed by atoms with van der Waals surface area (Å²) in [6.45, 7) is 0. The van der Waals surface area contributed by atoms with Crippen molar-refractivity contribution in [3.63, 3.8) is 0 Å². The van der Waals surface area contributed by atoms with Gasteiger partial charge in [0.2, 0.25) is 0 Å². The third-order valence-corrected chi connectivity index (χ3v) is 8.98. The van der Waals surface area contributed by atoms with Crippen LogP contribution >= 0.6 is 0 Å². The van der Waals surface area contributed by atoms with Gasteiger partial charge in [0.1, 0.15) is 41.0 Å². The zero-order chi connectivity index (χ0) is 43.0. The predicted octanol–water partition coefficient (Wildman–Crippen LogP) is 8.71. The van der Waals surface area contributed by atoms with Gasteiger partial charge in [-0.05, 0) is 10.8 Å². The van der Waals surface area contributed by atoms with Crippen molar-refractivity contribution in [1.29, 1.82) is 0 Å². The average molecular weight is 851 g/mol. The number of fused-ring (bicyclic) bond motifs is 2. The first-order valence-corrected chi connectivity index (χ1v) is 14.2. The van der Waals surface area contributed by atoms with Gasteiger partial charge in [-0.15, -0.1) is 21.9 Å². The summed E-state index contributed by atoms with van der Waals surface area (Å²) >= 11 is 0. The van der Waals surface area contributed by atoms with Crippen LogP contribution < -0.4 is 21.9 Å². The van der Waals surface area contributed by atoms with E-state index in [0.717, 1.165) is 0 Å². The van der Waals surface area contributed by atoms with E-state index in [-0.39, 0.29) is 0 Å². The number of rotatable bonds is 4. The molecule has 0 atom stereocenters. The minimum absolute atomic E-state index is 3.09. The van der Waals surface area contributed by atoms with Crippen molar-refractivity contribution in [2.24, 2.45) is 0 Å². The van der Waals surface area contributed by atoms with Gasteiger partial charge in [-0.3, -0.25) is 0 Å². The van der Waals surface area contributed by atoms with Crippen LogP contribution in [0.4, 0.5) is 105 Å². The van der Waals surface area contributed by atoms with E-state index in [0.29, 0.717) is 0 Å². The molecule has 0 aliphatic carbocycles. The summed E-state index contributed by atoms with van der Waals surface area (Å²) in [7, 11) is 0. The molecule has 6 aromatic rings. The van der Waals surface area contributed by atoms with Crippen molar-refractivity contribution in [2.45, 2.75) is 0 Å². The van der Waals surface area contributed by atoms with Crippen molar-refractivity contribution in [2.75, 3.05) is 0 Å². The summed E-state index contributed by atoms with van der Waals surface area (Å²) in [5.74, 6) is -87.3. The normalized spacial score (nSPS) is 12.2. The van der Waals surface area contributed by atoms with E-state index in [4.69, 9.17) is 0 Å². The summed E-state index contributed by atoms with van der Waals surface area (Å²) in [6, 6.07) is 0. The maximum atomic E-state index is 16.5. The van der Waals surface area contributed by atoms with Gasteiger partial charge in [0.15, 0.2) is 105 Å². The molecule has 0 amide bonds. The van der Waals surface area contributed by atoms with Crippen molar-refractivity contribution < 1.29 is 105 Å². The average Bonchev–Trinajstić information content (AvgIpc) is 3.17. The standard InChI is InChI=1S/C32BF24/c34-9-1-3(13(38)25(50)23(9)48)11(36)21(46)15(40)5(1)33(7-17(42)27(52)31(56)28(53)18(7)43,8-19(44)29(54)32(57)30(55)20(8)45)6-2-4(12(37)22(47)16(6)41)14(39)26(51)24(49)10(2)35/q-1. The zero-order valence-corrected chi connectivity index (χ0v) is 25.6. The highest BCUT2D eigenvalue weighted by Gasteiger charge is 2.52. The Hall–Kier alpha value is -5.78. The summed E-state index contributed by atoms with van der Waals surface area (Å²) in [6.07, 6.45) is -7.63. The van der Waals surface area contributed by atoms with E-state index in [9.17, 15) is 26.3 Å². The maximum absolute atomic E-state index is 16.5. The van der Waals surface area contributed by atoms with Crippen molar-refractivity contribution >= 4 is 49.5 Å². The highest BCUT2D eigenvalue weighted by atomic mass is 19.2. The lowest BCUT2D eigenvalue weighted by Crippen LogP contribution is -2.80. The molecule has 300 valence electrons. The number of benzene rings is 6. The molecule has 6 aromatic carbocycles. The van der Waals surface area contributed by atoms with E-state index >= 15 is 79.0 Å². The van der Waals surface area contributed by atoms with Crippen LogP contribution in [-0.4, -0.2) is 6.15 Å². The summed E-state index contributed by atoms with van der Waals surface area (Å²) in [4.78, 5) is 0. The lowest BCUT2D eigenvalue weighted by molar-refractivity contribution is 0.381.